The van der Waals surface area contributed by atoms with Crippen LogP contribution in [0.5, 0.6) is 0 Å². The van der Waals surface area contributed by atoms with Gasteiger partial charge in [0.05, 0.1) is 5.60 Å². The van der Waals surface area contributed by atoms with E-state index < -0.39 is 27.0 Å². The molecule has 1 saturated heterocycles. The van der Waals surface area contributed by atoms with Crippen LogP contribution in [0.3, 0.4) is 0 Å². The molecule has 7 heteroatoms. The highest BCUT2D eigenvalue weighted by atomic mass is 32.2. The number of β-amino-alcohol motifs (C(OH)–C–C–N with tert-alkyl or cyclic N) is 1. The molecule has 1 fully saturated rings. The fourth-order valence-electron chi connectivity index (χ4n) is 1.85. The van der Waals surface area contributed by atoms with E-state index >= 15 is 0 Å². The zero-order chi connectivity index (χ0) is 13.6. The summed E-state index contributed by atoms with van der Waals surface area (Å²) in [5.74, 6) is -0.870. The second-order valence-corrected chi connectivity index (χ2v) is 6.40. The molecule has 1 aliphatic rings. The molecule has 0 unspecified atom stereocenters. The molecular weight excluding hydrogens is 259 g/mol. The number of rotatable bonds is 2. The van der Waals surface area contributed by atoms with Crippen LogP contribution in [-0.2, 0) is 10.0 Å². The van der Waals surface area contributed by atoms with Crippen LogP contribution in [0.15, 0.2) is 23.1 Å². The summed E-state index contributed by atoms with van der Waals surface area (Å²) >= 11 is 0. The van der Waals surface area contributed by atoms with Crippen LogP contribution in [-0.4, -0.2) is 36.5 Å². The average Bonchev–Trinajstić information content (AvgIpc) is 2.25. The van der Waals surface area contributed by atoms with Crippen LogP contribution in [0.2, 0.25) is 0 Å². The molecule has 18 heavy (non-hydrogen) atoms. The normalized spacial score (nSPS) is 19.0. The predicted octanol–water partition coefficient (Wildman–Crippen LogP) is 0.453. The van der Waals surface area contributed by atoms with Crippen molar-refractivity contribution in [3.8, 4) is 6.07 Å². The molecule has 1 heterocycles. The monoisotopic (exact) mass is 270 g/mol. The van der Waals surface area contributed by atoms with Crippen molar-refractivity contribution < 1.29 is 17.9 Å². The molecule has 2 rings (SSSR count). The Kier molecular flexibility index (Phi) is 2.89. The van der Waals surface area contributed by atoms with E-state index in [0.717, 1.165) is 10.4 Å². The van der Waals surface area contributed by atoms with Crippen molar-refractivity contribution >= 4 is 10.0 Å². The van der Waals surface area contributed by atoms with Crippen molar-refractivity contribution in [1.29, 1.82) is 5.26 Å². The maximum absolute atomic E-state index is 13.4. The zero-order valence-corrected chi connectivity index (χ0v) is 10.4. The third kappa shape index (κ3) is 1.99. The van der Waals surface area contributed by atoms with Crippen molar-refractivity contribution in [1.82, 2.24) is 4.31 Å². The Balaban J connectivity index is 2.44. The van der Waals surface area contributed by atoms with Gasteiger partial charge in [0.2, 0.25) is 10.0 Å². The van der Waals surface area contributed by atoms with Crippen LogP contribution >= 0.6 is 0 Å². The minimum Gasteiger partial charge on any atom is -0.387 e. The number of benzene rings is 1. The van der Waals surface area contributed by atoms with Gasteiger partial charge in [-0.05, 0) is 19.1 Å². The van der Waals surface area contributed by atoms with E-state index in [4.69, 9.17) is 5.26 Å². The Morgan fingerprint density at radius 1 is 1.50 bits per heavy atom. The SMILES string of the molecule is CC1(O)CN(S(=O)(=O)c2cccc(F)c2C#N)C1. The van der Waals surface area contributed by atoms with Crippen molar-refractivity contribution in [2.75, 3.05) is 13.1 Å². The van der Waals surface area contributed by atoms with Gasteiger partial charge < -0.3 is 5.11 Å². The molecule has 0 saturated carbocycles. The van der Waals surface area contributed by atoms with Crippen molar-refractivity contribution in [3.05, 3.63) is 29.6 Å². The molecule has 0 aliphatic carbocycles. The molecule has 96 valence electrons. The van der Waals surface area contributed by atoms with E-state index in [9.17, 15) is 17.9 Å². The predicted molar refractivity (Wildman–Crippen MR) is 60.5 cm³/mol. The lowest BCUT2D eigenvalue weighted by Crippen LogP contribution is -2.61. The van der Waals surface area contributed by atoms with Gasteiger partial charge in [-0.2, -0.15) is 9.57 Å². The highest BCUT2D eigenvalue weighted by molar-refractivity contribution is 7.89. The molecule has 5 nitrogen and oxygen atoms in total. The first kappa shape index (κ1) is 13.0. The number of hydrogen-bond acceptors (Lipinski definition) is 4. The lowest BCUT2D eigenvalue weighted by molar-refractivity contribution is -0.0426. The summed E-state index contributed by atoms with van der Waals surface area (Å²) in [6.45, 7) is 1.39. The summed E-state index contributed by atoms with van der Waals surface area (Å²) in [4.78, 5) is -0.361. The lowest BCUT2D eigenvalue weighted by Gasteiger charge is -2.42. The summed E-state index contributed by atoms with van der Waals surface area (Å²) in [5, 5.41) is 18.3. The topological polar surface area (TPSA) is 81.4 Å². The Hall–Kier alpha value is -1.49. The minimum atomic E-state index is -3.93. The third-order valence-corrected chi connectivity index (χ3v) is 4.57. The van der Waals surface area contributed by atoms with Crippen molar-refractivity contribution in [2.45, 2.75) is 17.4 Å². The van der Waals surface area contributed by atoms with Gasteiger partial charge >= 0.3 is 0 Å². The summed E-state index contributed by atoms with van der Waals surface area (Å²) < 4.78 is 38.6. The number of aliphatic hydroxyl groups is 1. The fourth-order valence-corrected chi connectivity index (χ4v) is 3.68. The minimum absolute atomic E-state index is 0.0588. The number of sulfonamides is 1. The third-order valence-electron chi connectivity index (χ3n) is 2.74. The van der Waals surface area contributed by atoms with E-state index in [0.29, 0.717) is 0 Å². The van der Waals surface area contributed by atoms with Crippen molar-refractivity contribution in [3.63, 3.8) is 0 Å². The number of nitrogens with zero attached hydrogens (tertiary/aromatic N) is 2. The van der Waals surface area contributed by atoms with E-state index in [2.05, 4.69) is 0 Å². The molecule has 1 aromatic rings. The maximum atomic E-state index is 13.4. The van der Waals surface area contributed by atoms with Crippen LogP contribution in [0.1, 0.15) is 12.5 Å². The molecule has 0 atom stereocenters. The Morgan fingerprint density at radius 3 is 2.61 bits per heavy atom. The van der Waals surface area contributed by atoms with Gasteiger partial charge in [0.1, 0.15) is 22.3 Å². The van der Waals surface area contributed by atoms with E-state index in [-0.39, 0.29) is 18.0 Å². The molecule has 0 bridgehead atoms. The van der Waals surface area contributed by atoms with Gasteiger partial charge in [0, 0.05) is 13.1 Å². The van der Waals surface area contributed by atoms with E-state index in [1.165, 1.54) is 19.1 Å². The molecule has 0 spiro atoms. The molecular formula is C11H11FN2O3S. The highest BCUT2D eigenvalue weighted by Gasteiger charge is 2.44. The van der Waals surface area contributed by atoms with Gasteiger partial charge in [-0.25, -0.2) is 12.8 Å². The number of nitriles is 1. The zero-order valence-electron chi connectivity index (χ0n) is 9.59. The first-order valence-corrected chi connectivity index (χ1v) is 6.63. The molecule has 1 aromatic carbocycles. The summed E-state index contributed by atoms with van der Waals surface area (Å²) in [7, 11) is -3.93. The molecule has 0 radical (unpaired) electrons. The van der Waals surface area contributed by atoms with Crippen molar-refractivity contribution in [2.24, 2.45) is 0 Å². The fraction of sp³-hybridized carbons (Fsp3) is 0.364. The van der Waals surface area contributed by atoms with E-state index in [1.54, 1.807) is 6.07 Å². The molecule has 1 aliphatic heterocycles. The maximum Gasteiger partial charge on any atom is 0.244 e. The van der Waals surface area contributed by atoms with Crippen LogP contribution in [0.25, 0.3) is 0 Å². The summed E-state index contributed by atoms with van der Waals surface area (Å²) in [6, 6.07) is 5.00. The smallest absolute Gasteiger partial charge is 0.244 e. The Morgan fingerprint density at radius 2 is 2.11 bits per heavy atom. The van der Waals surface area contributed by atoms with Crippen LogP contribution < -0.4 is 0 Å². The first-order chi connectivity index (χ1) is 8.28. The van der Waals surface area contributed by atoms with Gasteiger partial charge in [-0.3, -0.25) is 0 Å². The van der Waals surface area contributed by atoms with Gasteiger partial charge in [-0.1, -0.05) is 6.07 Å². The van der Waals surface area contributed by atoms with Crippen LogP contribution in [0.4, 0.5) is 4.39 Å². The average molecular weight is 270 g/mol. The lowest BCUT2D eigenvalue weighted by atomic mass is 10.0. The Labute approximate surface area is 104 Å². The largest absolute Gasteiger partial charge is 0.387 e. The van der Waals surface area contributed by atoms with Gasteiger partial charge in [0.15, 0.2) is 0 Å². The van der Waals surface area contributed by atoms with Gasteiger partial charge in [-0.15, -0.1) is 0 Å². The second-order valence-electron chi connectivity index (χ2n) is 4.49. The Bertz CT molecular complexity index is 626. The summed E-state index contributed by atoms with van der Waals surface area (Å²) in [6.07, 6.45) is 0. The molecule has 0 aromatic heterocycles. The quantitative estimate of drug-likeness (QED) is 0.846. The van der Waals surface area contributed by atoms with Gasteiger partial charge in [0.25, 0.3) is 0 Å². The van der Waals surface area contributed by atoms with E-state index in [1.807, 2.05) is 0 Å². The second kappa shape index (κ2) is 4.02. The summed E-state index contributed by atoms with van der Waals surface area (Å²) in [5.41, 5.74) is -1.56. The molecule has 0 amide bonds. The number of hydrogen-bond donors (Lipinski definition) is 1. The number of halogens is 1. The molecule has 1 N–H and O–H groups in total. The standard InChI is InChI=1S/C11H11FN2O3S/c1-11(15)6-14(7-11)18(16,17)10-4-2-3-9(12)8(10)5-13/h2-4,15H,6-7H2,1H3. The first-order valence-electron chi connectivity index (χ1n) is 5.19. The highest BCUT2D eigenvalue weighted by Crippen LogP contribution is 2.29. The van der Waals surface area contributed by atoms with Crippen LogP contribution in [0, 0.1) is 17.1 Å².